The average Bonchev–Trinajstić information content (AvgIpc) is 2.84. The van der Waals surface area contributed by atoms with E-state index in [4.69, 9.17) is 17.3 Å². The van der Waals surface area contributed by atoms with E-state index >= 15 is 0 Å². The van der Waals surface area contributed by atoms with Gasteiger partial charge in [0.25, 0.3) is 5.91 Å². The molecule has 0 saturated carbocycles. The zero-order valence-electron chi connectivity index (χ0n) is 20.0. The predicted octanol–water partition coefficient (Wildman–Crippen LogP) is 3.91. The number of piperazine rings is 1. The van der Waals surface area contributed by atoms with E-state index in [9.17, 15) is 31.5 Å². The van der Waals surface area contributed by atoms with Crippen LogP contribution >= 0.6 is 11.6 Å². The molecular weight excluding hydrogens is 521 g/mol. The van der Waals surface area contributed by atoms with Crippen LogP contribution in [0.2, 0.25) is 5.02 Å². The maximum atomic E-state index is 14.7. The Balaban J connectivity index is 1.71. The summed E-state index contributed by atoms with van der Waals surface area (Å²) < 4.78 is 66.9. The molecule has 13 heteroatoms. The zero-order chi connectivity index (χ0) is 27.3. The van der Waals surface area contributed by atoms with E-state index in [2.05, 4.69) is 10.6 Å². The molecule has 2 aromatic carbocycles. The van der Waals surface area contributed by atoms with Crippen molar-refractivity contribution >= 4 is 34.8 Å². The topological polar surface area (TPSA) is 90.7 Å². The first-order valence-corrected chi connectivity index (χ1v) is 11.9. The van der Waals surface area contributed by atoms with Crippen LogP contribution in [-0.2, 0) is 11.3 Å². The van der Waals surface area contributed by atoms with Gasteiger partial charge in [-0.1, -0.05) is 17.7 Å². The normalized spacial score (nSPS) is 15.5. The van der Waals surface area contributed by atoms with Crippen LogP contribution in [-0.4, -0.2) is 61.7 Å². The number of carbonyl (C=O) groups is 2. The summed E-state index contributed by atoms with van der Waals surface area (Å²) in [4.78, 5) is 27.5. The van der Waals surface area contributed by atoms with E-state index in [0.717, 1.165) is 6.07 Å². The summed E-state index contributed by atoms with van der Waals surface area (Å²) in [5.74, 6) is -4.13. The lowest BCUT2D eigenvalue weighted by Crippen LogP contribution is -2.47. The molecule has 0 spiro atoms. The smallest absolute Gasteiger partial charge is 0.368 e. The third kappa shape index (κ3) is 7.76. The summed E-state index contributed by atoms with van der Waals surface area (Å²) in [5.41, 5.74) is 5.33. The van der Waals surface area contributed by atoms with Crippen molar-refractivity contribution in [2.75, 3.05) is 42.9 Å². The van der Waals surface area contributed by atoms with Crippen LogP contribution in [0.3, 0.4) is 0 Å². The first kappa shape index (κ1) is 28.6. The fourth-order valence-corrected chi connectivity index (χ4v) is 3.99. The molecule has 1 fully saturated rings. The zero-order valence-corrected chi connectivity index (χ0v) is 20.7. The number of hydrogen-bond donors (Lipinski definition) is 3. The number of nitrogens with one attached hydrogen (secondary N) is 2. The van der Waals surface area contributed by atoms with Crippen LogP contribution in [0, 0.1) is 11.6 Å². The van der Waals surface area contributed by atoms with Crippen LogP contribution in [0.5, 0.6) is 0 Å². The molecule has 0 bridgehead atoms. The second-order valence-corrected chi connectivity index (χ2v) is 9.15. The Morgan fingerprint density at radius 1 is 1.08 bits per heavy atom. The van der Waals surface area contributed by atoms with Crippen molar-refractivity contribution in [2.45, 2.75) is 32.1 Å². The second-order valence-electron chi connectivity index (χ2n) is 8.71. The molecule has 0 aromatic heterocycles. The molecule has 1 atom stereocenters. The van der Waals surface area contributed by atoms with Crippen molar-refractivity contribution in [3.05, 3.63) is 58.1 Å². The minimum absolute atomic E-state index is 0.0854. The fourth-order valence-electron chi connectivity index (χ4n) is 3.82. The molecule has 202 valence electrons. The molecule has 3 rings (SSSR count). The molecule has 37 heavy (non-hydrogen) atoms. The Bertz CT molecular complexity index is 1140. The number of amides is 2. The molecule has 0 radical (unpaired) electrons. The highest BCUT2D eigenvalue weighted by atomic mass is 35.5. The second kappa shape index (κ2) is 12.1. The largest absolute Gasteiger partial charge is 0.390 e. The van der Waals surface area contributed by atoms with Gasteiger partial charge in [-0.25, -0.2) is 8.78 Å². The van der Waals surface area contributed by atoms with Crippen molar-refractivity contribution < 1.29 is 31.5 Å². The lowest BCUT2D eigenvalue weighted by atomic mass is 10.1. The number of anilines is 2. The molecule has 1 aliphatic rings. The number of nitrogens with two attached hydrogens (primary N) is 1. The third-order valence-corrected chi connectivity index (χ3v) is 6.30. The van der Waals surface area contributed by atoms with E-state index in [1.165, 1.54) is 25.1 Å². The van der Waals surface area contributed by atoms with Crippen molar-refractivity contribution in [2.24, 2.45) is 5.73 Å². The molecule has 0 aliphatic carbocycles. The SMILES string of the molecule is C[C@H](NCc1ccc(C(=O)Nc2ccc(Cl)cc2N2CCN(CCC(F)(F)F)CC2)c(F)c1F)C(N)=O. The van der Waals surface area contributed by atoms with Crippen LogP contribution in [0.1, 0.15) is 29.3 Å². The number of alkyl halides is 3. The van der Waals surface area contributed by atoms with Crippen LogP contribution in [0.4, 0.5) is 33.3 Å². The Labute approximate surface area is 215 Å². The Hall–Kier alpha value is -2.96. The van der Waals surface area contributed by atoms with Crippen molar-refractivity contribution in [1.29, 1.82) is 0 Å². The summed E-state index contributed by atoms with van der Waals surface area (Å²) in [7, 11) is 0. The fraction of sp³-hybridized carbons (Fsp3) is 0.417. The van der Waals surface area contributed by atoms with Gasteiger partial charge in [0.2, 0.25) is 5.91 Å². The van der Waals surface area contributed by atoms with Gasteiger partial charge in [0, 0.05) is 49.9 Å². The number of carbonyl (C=O) groups excluding carboxylic acids is 2. The van der Waals surface area contributed by atoms with Gasteiger partial charge in [0.1, 0.15) is 0 Å². The van der Waals surface area contributed by atoms with E-state index in [1.807, 2.05) is 4.90 Å². The Morgan fingerprint density at radius 2 is 1.76 bits per heavy atom. The number of benzene rings is 2. The van der Waals surface area contributed by atoms with Crippen molar-refractivity contribution in [3.63, 3.8) is 0 Å². The van der Waals surface area contributed by atoms with Gasteiger partial charge in [-0.15, -0.1) is 0 Å². The Kier molecular flexibility index (Phi) is 9.32. The van der Waals surface area contributed by atoms with Gasteiger partial charge < -0.3 is 21.3 Å². The lowest BCUT2D eigenvalue weighted by Gasteiger charge is -2.37. The molecule has 0 unspecified atom stereocenters. The molecule has 2 aromatic rings. The highest BCUT2D eigenvalue weighted by Crippen LogP contribution is 2.31. The Morgan fingerprint density at radius 3 is 2.38 bits per heavy atom. The third-order valence-electron chi connectivity index (χ3n) is 6.06. The predicted molar refractivity (Wildman–Crippen MR) is 131 cm³/mol. The van der Waals surface area contributed by atoms with E-state index < -0.39 is 47.7 Å². The molecular formula is C24H27ClF5N5O2. The summed E-state index contributed by atoms with van der Waals surface area (Å²) in [6.07, 6.45) is -5.13. The quantitative estimate of drug-likeness (QED) is 0.414. The molecule has 1 saturated heterocycles. The number of rotatable bonds is 9. The van der Waals surface area contributed by atoms with Gasteiger partial charge in [-0.3, -0.25) is 14.5 Å². The number of halogens is 6. The van der Waals surface area contributed by atoms with Gasteiger partial charge in [0.15, 0.2) is 11.6 Å². The van der Waals surface area contributed by atoms with Gasteiger partial charge in [0.05, 0.1) is 29.4 Å². The molecule has 2 amide bonds. The van der Waals surface area contributed by atoms with E-state index in [1.54, 1.807) is 11.0 Å². The minimum Gasteiger partial charge on any atom is -0.368 e. The minimum atomic E-state index is -4.23. The summed E-state index contributed by atoms with van der Waals surface area (Å²) in [6.45, 7) is 2.72. The summed E-state index contributed by atoms with van der Waals surface area (Å²) in [6, 6.07) is 6.23. The number of nitrogens with zero attached hydrogens (tertiary/aromatic N) is 2. The average molecular weight is 548 g/mol. The van der Waals surface area contributed by atoms with E-state index in [0.29, 0.717) is 42.6 Å². The van der Waals surface area contributed by atoms with E-state index in [-0.39, 0.29) is 18.7 Å². The summed E-state index contributed by atoms with van der Waals surface area (Å²) >= 11 is 6.13. The van der Waals surface area contributed by atoms with Gasteiger partial charge in [-0.2, -0.15) is 13.2 Å². The molecule has 4 N–H and O–H groups in total. The standard InChI is InChI=1S/C24H27ClF5N5O2/c1-14(22(31)36)32-13-15-2-4-17(21(27)20(15)26)23(37)33-18-5-3-16(25)12-19(18)35-10-8-34(9-11-35)7-6-24(28,29)30/h2-5,12,14,32H,6-11,13H2,1H3,(H2,31,36)(H,33,37)/t14-/m0/s1. The maximum absolute atomic E-state index is 14.7. The molecule has 1 heterocycles. The van der Waals surface area contributed by atoms with Gasteiger partial charge in [-0.05, 0) is 31.2 Å². The van der Waals surface area contributed by atoms with Crippen molar-refractivity contribution in [3.8, 4) is 0 Å². The molecule has 7 nitrogen and oxygen atoms in total. The monoisotopic (exact) mass is 547 g/mol. The van der Waals surface area contributed by atoms with Gasteiger partial charge >= 0.3 is 6.18 Å². The first-order valence-electron chi connectivity index (χ1n) is 11.5. The highest BCUT2D eigenvalue weighted by molar-refractivity contribution is 6.31. The number of primary amides is 1. The van der Waals surface area contributed by atoms with Crippen molar-refractivity contribution in [1.82, 2.24) is 10.2 Å². The highest BCUT2D eigenvalue weighted by Gasteiger charge is 2.29. The summed E-state index contributed by atoms with van der Waals surface area (Å²) in [5, 5.41) is 5.61. The maximum Gasteiger partial charge on any atom is 0.390 e. The molecule has 1 aliphatic heterocycles. The lowest BCUT2D eigenvalue weighted by molar-refractivity contribution is -0.138. The van der Waals surface area contributed by atoms with Crippen LogP contribution < -0.4 is 21.3 Å². The number of hydrogen-bond acceptors (Lipinski definition) is 5. The van der Waals surface area contributed by atoms with Crippen LogP contribution in [0.15, 0.2) is 30.3 Å². The first-order chi connectivity index (χ1) is 17.4. The van der Waals surface area contributed by atoms with Crippen LogP contribution in [0.25, 0.3) is 0 Å².